The Morgan fingerprint density at radius 1 is 1.17 bits per heavy atom. The highest BCUT2D eigenvalue weighted by molar-refractivity contribution is 5.80. The maximum absolute atomic E-state index is 12.9. The number of benzene rings is 1. The van der Waals surface area contributed by atoms with Crippen LogP contribution < -0.4 is 0 Å². The average molecular weight is 417 g/mol. The van der Waals surface area contributed by atoms with Gasteiger partial charge < -0.3 is 14.5 Å². The second-order valence-corrected chi connectivity index (χ2v) is 7.96. The van der Waals surface area contributed by atoms with E-state index in [1.807, 2.05) is 42.2 Å². The molecular formula is C24H36N2O4. The van der Waals surface area contributed by atoms with Crippen molar-refractivity contribution >= 4 is 17.8 Å². The highest BCUT2D eigenvalue weighted by Gasteiger charge is 2.30. The summed E-state index contributed by atoms with van der Waals surface area (Å²) >= 11 is 0. The van der Waals surface area contributed by atoms with Crippen molar-refractivity contribution in [1.29, 1.82) is 0 Å². The van der Waals surface area contributed by atoms with Gasteiger partial charge in [0, 0.05) is 32.5 Å². The number of carbonyl (C=O) groups is 3. The van der Waals surface area contributed by atoms with Crippen LogP contribution in [0, 0.1) is 5.92 Å². The van der Waals surface area contributed by atoms with Gasteiger partial charge in [-0.15, -0.1) is 0 Å². The third kappa shape index (κ3) is 6.85. The fraction of sp³-hybridized carbons (Fsp3) is 0.625. The van der Waals surface area contributed by atoms with E-state index in [9.17, 15) is 14.4 Å². The fourth-order valence-corrected chi connectivity index (χ4v) is 3.95. The van der Waals surface area contributed by atoms with E-state index in [4.69, 9.17) is 4.74 Å². The summed E-state index contributed by atoms with van der Waals surface area (Å²) in [5.41, 5.74) is 1.06. The number of esters is 1. The Morgan fingerprint density at radius 3 is 2.57 bits per heavy atom. The summed E-state index contributed by atoms with van der Waals surface area (Å²) in [7, 11) is 0. The number of nitrogens with zero attached hydrogens (tertiary/aromatic N) is 2. The van der Waals surface area contributed by atoms with Crippen molar-refractivity contribution < 1.29 is 19.1 Å². The molecule has 0 bridgehead atoms. The Balaban J connectivity index is 2.00. The first kappa shape index (κ1) is 23.9. The van der Waals surface area contributed by atoms with Crippen LogP contribution in [0.25, 0.3) is 0 Å². The van der Waals surface area contributed by atoms with Gasteiger partial charge in [-0.05, 0) is 38.7 Å². The number of carbonyl (C=O) groups excluding carboxylic acids is 3. The number of hydrogen-bond donors (Lipinski definition) is 0. The number of unbranched alkanes of at least 4 members (excludes halogenated alkanes) is 1. The number of likely N-dealkylation sites (tertiary alicyclic amines) is 1. The maximum atomic E-state index is 12.9. The molecule has 0 aliphatic carbocycles. The first-order valence-corrected chi connectivity index (χ1v) is 11.3. The second kappa shape index (κ2) is 12.4. The Labute approximate surface area is 180 Å². The second-order valence-electron chi connectivity index (χ2n) is 7.96. The Morgan fingerprint density at radius 2 is 1.90 bits per heavy atom. The number of piperidine rings is 1. The van der Waals surface area contributed by atoms with Crippen LogP contribution >= 0.6 is 0 Å². The molecule has 1 aromatic rings. The monoisotopic (exact) mass is 416 g/mol. The highest BCUT2D eigenvalue weighted by Crippen LogP contribution is 2.23. The Bertz CT molecular complexity index is 692. The molecule has 2 amide bonds. The van der Waals surface area contributed by atoms with Crippen molar-refractivity contribution in [3.8, 4) is 0 Å². The molecule has 0 radical (unpaired) electrons. The van der Waals surface area contributed by atoms with Gasteiger partial charge in [0.15, 0.2) is 0 Å². The van der Waals surface area contributed by atoms with E-state index >= 15 is 0 Å². The summed E-state index contributed by atoms with van der Waals surface area (Å²) in [5.74, 6) is -0.376. The molecule has 2 atom stereocenters. The van der Waals surface area contributed by atoms with Crippen molar-refractivity contribution in [3.63, 3.8) is 0 Å². The van der Waals surface area contributed by atoms with E-state index in [1.54, 1.807) is 11.8 Å². The number of ether oxygens (including phenoxy) is 1. The van der Waals surface area contributed by atoms with Crippen LogP contribution in [0.15, 0.2) is 30.3 Å². The van der Waals surface area contributed by atoms with Gasteiger partial charge in [0.25, 0.3) is 0 Å². The van der Waals surface area contributed by atoms with Crippen LogP contribution in [0.4, 0.5) is 0 Å². The zero-order chi connectivity index (χ0) is 21.9. The molecule has 1 saturated heterocycles. The molecule has 6 heteroatoms. The minimum atomic E-state index is -0.242. The van der Waals surface area contributed by atoms with Crippen molar-refractivity contribution in [1.82, 2.24) is 9.80 Å². The third-order valence-electron chi connectivity index (χ3n) is 5.77. The molecule has 0 saturated carbocycles. The molecule has 0 N–H and O–H groups in total. The Kier molecular flexibility index (Phi) is 9.84. The molecule has 166 valence electrons. The molecule has 1 aliphatic heterocycles. The molecule has 1 aromatic carbocycles. The van der Waals surface area contributed by atoms with Gasteiger partial charge >= 0.3 is 5.97 Å². The van der Waals surface area contributed by atoms with Crippen LogP contribution in [0.5, 0.6) is 0 Å². The van der Waals surface area contributed by atoms with Gasteiger partial charge in [0.1, 0.15) is 0 Å². The Hall–Kier alpha value is -2.37. The van der Waals surface area contributed by atoms with E-state index in [0.29, 0.717) is 32.7 Å². The van der Waals surface area contributed by atoms with Gasteiger partial charge in [-0.2, -0.15) is 0 Å². The summed E-state index contributed by atoms with van der Waals surface area (Å²) in [6, 6.07) is 9.84. The fourth-order valence-electron chi connectivity index (χ4n) is 3.95. The van der Waals surface area contributed by atoms with Gasteiger partial charge in [-0.25, -0.2) is 0 Å². The van der Waals surface area contributed by atoms with Crippen molar-refractivity contribution in [2.75, 3.05) is 26.2 Å². The molecule has 6 nitrogen and oxygen atoms in total. The summed E-state index contributed by atoms with van der Waals surface area (Å²) in [6.07, 6.45) is 4.13. The summed E-state index contributed by atoms with van der Waals surface area (Å²) in [5, 5.41) is 0. The molecule has 2 unspecified atom stereocenters. The van der Waals surface area contributed by atoms with Gasteiger partial charge in [0.05, 0.1) is 18.6 Å². The van der Waals surface area contributed by atoms with E-state index in [0.717, 1.165) is 31.2 Å². The lowest BCUT2D eigenvalue weighted by Crippen LogP contribution is -2.44. The quantitative estimate of drug-likeness (QED) is 0.542. The number of hydrogen-bond acceptors (Lipinski definition) is 4. The zero-order valence-corrected chi connectivity index (χ0v) is 18.6. The lowest BCUT2D eigenvalue weighted by atomic mass is 9.98. The minimum Gasteiger partial charge on any atom is -0.466 e. The summed E-state index contributed by atoms with van der Waals surface area (Å²) in [6.45, 7) is 7.69. The predicted octanol–water partition coefficient (Wildman–Crippen LogP) is 3.96. The summed E-state index contributed by atoms with van der Waals surface area (Å²) < 4.78 is 5.13. The normalized spacial score (nSPS) is 17.3. The molecule has 2 rings (SSSR count). The maximum Gasteiger partial charge on any atom is 0.310 e. The van der Waals surface area contributed by atoms with Gasteiger partial charge in [-0.3, -0.25) is 14.4 Å². The van der Waals surface area contributed by atoms with E-state index in [1.165, 1.54) is 0 Å². The standard InChI is InChI=1S/C24H36N2O4/c1-4-6-14-23(28)26(19(3)20-11-8-7-9-12-20)17-15-22(27)25-16-10-13-21(18-25)24(29)30-5-2/h7-9,11-12,19,21H,4-6,10,13-18H2,1-3H3. The summed E-state index contributed by atoms with van der Waals surface area (Å²) in [4.78, 5) is 41.4. The van der Waals surface area contributed by atoms with Crippen LogP contribution in [0.1, 0.15) is 70.9 Å². The molecule has 1 aliphatic rings. The van der Waals surface area contributed by atoms with Crippen LogP contribution in [0.2, 0.25) is 0 Å². The lowest BCUT2D eigenvalue weighted by Gasteiger charge is -2.33. The first-order valence-electron chi connectivity index (χ1n) is 11.3. The topological polar surface area (TPSA) is 66.9 Å². The molecule has 1 heterocycles. The van der Waals surface area contributed by atoms with Crippen molar-refractivity contribution in [3.05, 3.63) is 35.9 Å². The first-order chi connectivity index (χ1) is 14.5. The van der Waals surface area contributed by atoms with E-state index in [-0.39, 0.29) is 36.2 Å². The van der Waals surface area contributed by atoms with Crippen molar-refractivity contribution in [2.45, 2.75) is 65.3 Å². The van der Waals surface area contributed by atoms with Crippen LogP contribution in [0.3, 0.4) is 0 Å². The molecular weight excluding hydrogens is 380 g/mol. The predicted molar refractivity (Wildman–Crippen MR) is 117 cm³/mol. The largest absolute Gasteiger partial charge is 0.466 e. The van der Waals surface area contributed by atoms with E-state index in [2.05, 4.69) is 6.92 Å². The number of rotatable bonds is 10. The van der Waals surface area contributed by atoms with Crippen LogP contribution in [-0.4, -0.2) is 53.8 Å². The molecule has 0 aromatic heterocycles. The molecule has 30 heavy (non-hydrogen) atoms. The molecule has 0 spiro atoms. The van der Waals surface area contributed by atoms with E-state index < -0.39 is 0 Å². The van der Waals surface area contributed by atoms with Gasteiger partial charge in [-0.1, -0.05) is 43.7 Å². The minimum absolute atomic E-state index is 0.00227. The third-order valence-corrected chi connectivity index (χ3v) is 5.77. The number of amides is 2. The van der Waals surface area contributed by atoms with Gasteiger partial charge in [0.2, 0.25) is 11.8 Å². The SMILES string of the molecule is CCCCC(=O)N(CCC(=O)N1CCCC(C(=O)OCC)C1)C(C)c1ccccc1. The molecule has 1 fully saturated rings. The smallest absolute Gasteiger partial charge is 0.310 e. The van der Waals surface area contributed by atoms with Crippen molar-refractivity contribution in [2.24, 2.45) is 5.92 Å². The average Bonchev–Trinajstić information content (AvgIpc) is 2.78. The van der Waals surface area contributed by atoms with Crippen LogP contribution in [-0.2, 0) is 19.1 Å². The lowest BCUT2D eigenvalue weighted by molar-refractivity contribution is -0.151. The zero-order valence-electron chi connectivity index (χ0n) is 18.6. The highest BCUT2D eigenvalue weighted by atomic mass is 16.5.